The average molecular weight is 198 g/mol. The Morgan fingerprint density at radius 3 is 2.33 bits per heavy atom. The first-order valence-electron chi connectivity index (χ1n) is 3.95. The van der Waals surface area contributed by atoms with Crippen LogP contribution in [0.4, 0.5) is 8.78 Å². The van der Waals surface area contributed by atoms with Crippen LogP contribution in [0.2, 0.25) is 0 Å². The second-order valence-electron chi connectivity index (χ2n) is 3.29. The van der Waals surface area contributed by atoms with Crippen molar-refractivity contribution in [3.05, 3.63) is 0 Å². The molecule has 1 rings (SSSR count). The van der Waals surface area contributed by atoms with Gasteiger partial charge in [0.25, 0.3) is 0 Å². The van der Waals surface area contributed by atoms with Gasteiger partial charge in [0.05, 0.1) is 5.75 Å². The molecule has 0 amide bonds. The maximum absolute atomic E-state index is 12.6. The standard InChI is InChI=1S/C7H12F2O2S/c8-7(9)3-1-6(2-4-7)5-12(10)11/h6H,1-5H2,(H,10,11). The second kappa shape index (κ2) is 3.79. The highest BCUT2D eigenvalue weighted by Gasteiger charge is 2.35. The van der Waals surface area contributed by atoms with Gasteiger partial charge < -0.3 is 4.55 Å². The van der Waals surface area contributed by atoms with Crippen molar-refractivity contribution in [3.8, 4) is 0 Å². The molecule has 0 saturated heterocycles. The summed E-state index contributed by atoms with van der Waals surface area (Å²) in [4.78, 5) is 0. The molecule has 1 fully saturated rings. The number of hydrogen-bond donors (Lipinski definition) is 1. The van der Waals surface area contributed by atoms with E-state index in [4.69, 9.17) is 4.55 Å². The van der Waals surface area contributed by atoms with E-state index in [2.05, 4.69) is 0 Å². The summed E-state index contributed by atoms with van der Waals surface area (Å²) in [6.07, 6.45) is 0.488. The predicted octanol–water partition coefficient (Wildman–Crippen LogP) is 2.03. The maximum atomic E-state index is 12.6. The molecule has 0 spiro atoms. The van der Waals surface area contributed by atoms with E-state index in [1.54, 1.807) is 0 Å². The summed E-state index contributed by atoms with van der Waals surface area (Å²) >= 11 is -1.83. The van der Waals surface area contributed by atoms with Gasteiger partial charge in [0.2, 0.25) is 5.92 Å². The van der Waals surface area contributed by atoms with Crippen LogP contribution in [0.5, 0.6) is 0 Å². The molecule has 0 aromatic carbocycles. The van der Waals surface area contributed by atoms with Gasteiger partial charge in [0, 0.05) is 12.8 Å². The molecular formula is C7H12F2O2S. The molecule has 1 unspecified atom stereocenters. The molecule has 0 radical (unpaired) electrons. The first-order valence-corrected chi connectivity index (χ1v) is 5.22. The average Bonchev–Trinajstić information content (AvgIpc) is 1.93. The molecule has 1 aliphatic carbocycles. The highest BCUT2D eigenvalue weighted by molar-refractivity contribution is 7.79. The van der Waals surface area contributed by atoms with Crippen molar-refractivity contribution in [1.29, 1.82) is 0 Å². The third kappa shape index (κ3) is 3.15. The van der Waals surface area contributed by atoms with Gasteiger partial charge in [-0.1, -0.05) is 0 Å². The van der Waals surface area contributed by atoms with Crippen LogP contribution in [0.3, 0.4) is 0 Å². The molecule has 0 bridgehead atoms. The van der Waals surface area contributed by atoms with Crippen LogP contribution in [0.15, 0.2) is 0 Å². The fraction of sp³-hybridized carbons (Fsp3) is 1.00. The Bertz CT molecular complexity index is 174. The minimum Gasteiger partial charge on any atom is -0.306 e. The molecule has 1 N–H and O–H groups in total. The van der Waals surface area contributed by atoms with Gasteiger partial charge in [0.1, 0.15) is 0 Å². The zero-order chi connectivity index (χ0) is 9.19. The lowest BCUT2D eigenvalue weighted by Crippen LogP contribution is -2.27. The van der Waals surface area contributed by atoms with Crippen molar-refractivity contribution in [3.63, 3.8) is 0 Å². The Labute approximate surface area is 72.6 Å². The molecule has 1 aliphatic rings. The zero-order valence-corrected chi connectivity index (χ0v) is 7.45. The molecule has 12 heavy (non-hydrogen) atoms. The van der Waals surface area contributed by atoms with Crippen LogP contribution in [-0.2, 0) is 11.1 Å². The minimum atomic E-state index is -2.53. The largest absolute Gasteiger partial charge is 0.306 e. The molecular weight excluding hydrogens is 186 g/mol. The van der Waals surface area contributed by atoms with Crippen LogP contribution < -0.4 is 0 Å². The third-order valence-electron chi connectivity index (χ3n) is 2.21. The molecule has 0 aromatic heterocycles. The van der Waals surface area contributed by atoms with E-state index in [1.807, 2.05) is 0 Å². The highest BCUT2D eigenvalue weighted by atomic mass is 32.2. The van der Waals surface area contributed by atoms with Crippen LogP contribution in [0, 0.1) is 5.92 Å². The van der Waals surface area contributed by atoms with Crippen LogP contribution in [-0.4, -0.2) is 20.4 Å². The molecule has 72 valence electrons. The number of rotatable bonds is 2. The van der Waals surface area contributed by atoms with Crippen LogP contribution in [0.25, 0.3) is 0 Å². The maximum Gasteiger partial charge on any atom is 0.248 e. The summed E-state index contributed by atoms with van der Waals surface area (Å²) in [6, 6.07) is 0. The summed E-state index contributed by atoms with van der Waals surface area (Å²) < 4.78 is 44.0. The predicted molar refractivity (Wildman–Crippen MR) is 42.5 cm³/mol. The third-order valence-corrected chi connectivity index (χ3v) is 2.97. The lowest BCUT2D eigenvalue weighted by molar-refractivity contribution is -0.0435. The van der Waals surface area contributed by atoms with Gasteiger partial charge in [-0.05, 0) is 18.8 Å². The molecule has 5 heteroatoms. The molecule has 2 nitrogen and oxygen atoms in total. The monoisotopic (exact) mass is 198 g/mol. The number of alkyl halides is 2. The van der Waals surface area contributed by atoms with Crippen molar-refractivity contribution in [2.75, 3.05) is 5.75 Å². The van der Waals surface area contributed by atoms with Gasteiger partial charge in [0.15, 0.2) is 11.1 Å². The van der Waals surface area contributed by atoms with E-state index in [0.29, 0.717) is 12.8 Å². The van der Waals surface area contributed by atoms with Gasteiger partial charge >= 0.3 is 0 Å². The van der Waals surface area contributed by atoms with Crippen molar-refractivity contribution in [2.24, 2.45) is 5.92 Å². The van der Waals surface area contributed by atoms with Gasteiger partial charge in [-0.3, -0.25) is 0 Å². The van der Waals surface area contributed by atoms with Crippen molar-refractivity contribution >= 4 is 11.1 Å². The van der Waals surface area contributed by atoms with E-state index in [9.17, 15) is 13.0 Å². The molecule has 1 atom stereocenters. The number of hydrogen-bond acceptors (Lipinski definition) is 1. The summed E-state index contributed by atoms with van der Waals surface area (Å²) in [7, 11) is 0. The van der Waals surface area contributed by atoms with E-state index in [-0.39, 0.29) is 24.5 Å². The van der Waals surface area contributed by atoms with Crippen molar-refractivity contribution < 1.29 is 17.5 Å². The normalized spacial score (nSPS) is 26.9. The SMILES string of the molecule is O=S(O)CC1CCC(F)(F)CC1. The van der Waals surface area contributed by atoms with Crippen molar-refractivity contribution in [2.45, 2.75) is 31.6 Å². The zero-order valence-electron chi connectivity index (χ0n) is 6.63. The lowest BCUT2D eigenvalue weighted by atomic mass is 9.88. The first kappa shape index (κ1) is 10.1. The fourth-order valence-electron chi connectivity index (χ4n) is 1.47. The molecule has 1 saturated carbocycles. The number of halogens is 2. The quantitative estimate of drug-likeness (QED) is 0.689. The van der Waals surface area contributed by atoms with Crippen molar-refractivity contribution in [1.82, 2.24) is 0 Å². The van der Waals surface area contributed by atoms with E-state index in [1.165, 1.54) is 0 Å². The van der Waals surface area contributed by atoms with Gasteiger partial charge in [-0.15, -0.1) is 0 Å². The van der Waals surface area contributed by atoms with Gasteiger partial charge in [-0.25, -0.2) is 13.0 Å². The smallest absolute Gasteiger partial charge is 0.248 e. The van der Waals surface area contributed by atoms with E-state index >= 15 is 0 Å². The van der Waals surface area contributed by atoms with E-state index < -0.39 is 17.0 Å². The topological polar surface area (TPSA) is 37.3 Å². The highest BCUT2D eigenvalue weighted by Crippen LogP contribution is 2.36. The first-order chi connectivity index (χ1) is 5.49. The summed E-state index contributed by atoms with van der Waals surface area (Å²) in [5.74, 6) is -2.38. The Morgan fingerprint density at radius 2 is 1.92 bits per heavy atom. The van der Waals surface area contributed by atoms with Crippen LogP contribution in [0.1, 0.15) is 25.7 Å². The Kier molecular flexibility index (Phi) is 3.17. The fourth-order valence-corrected chi connectivity index (χ4v) is 2.20. The minimum absolute atomic E-state index is 0.00968. The second-order valence-corrected chi connectivity index (χ2v) is 4.26. The summed E-state index contributed by atoms with van der Waals surface area (Å²) in [6.45, 7) is 0. The molecule has 0 aromatic rings. The van der Waals surface area contributed by atoms with Gasteiger partial charge in [-0.2, -0.15) is 0 Å². The Balaban J connectivity index is 2.31. The summed E-state index contributed by atoms with van der Waals surface area (Å²) in [5, 5.41) is 0. The lowest BCUT2D eigenvalue weighted by Gasteiger charge is -2.27. The summed E-state index contributed by atoms with van der Waals surface area (Å²) in [5.41, 5.74) is 0. The Hall–Kier alpha value is -0.0300. The Morgan fingerprint density at radius 1 is 1.42 bits per heavy atom. The van der Waals surface area contributed by atoms with E-state index in [0.717, 1.165) is 0 Å². The molecule has 0 heterocycles. The molecule has 0 aliphatic heterocycles. The van der Waals surface area contributed by atoms with Crippen LogP contribution >= 0.6 is 0 Å².